The van der Waals surface area contributed by atoms with E-state index in [0.717, 1.165) is 0 Å². The molecule has 0 saturated heterocycles. The van der Waals surface area contributed by atoms with Crippen LogP contribution in [0.25, 0.3) is 0 Å². The summed E-state index contributed by atoms with van der Waals surface area (Å²) in [6.07, 6.45) is 0.894. The predicted octanol–water partition coefficient (Wildman–Crippen LogP) is 0.149. The first-order valence-electron chi connectivity index (χ1n) is 6.78. The quantitative estimate of drug-likeness (QED) is 0.438. The third kappa shape index (κ3) is 9.44. The number of hydrogen-bond acceptors (Lipinski definition) is 5. The van der Waals surface area contributed by atoms with Crippen LogP contribution in [0.1, 0.15) is 33.6 Å². The van der Waals surface area contributed by atoms with Crippen LogP contribution < -0.4 is 5.32 Å². The van der Waals surface area contributed by atoms with E-state index in [9.17, 15) is 9.59 Å². The highest BCUT2D eigenvalue weighted by Crippen LogP contribution is 1.97. The van der Waals surface area contributed by atoms with Crippen LogP contribution in [-0.2, 0) is 14.3 Å². The lowest BCUT2D eigenvalue weighted by Gasteiger charge is -2.24. The number of hydrogen-bond donors (Lipinski definition) is 2. The molecule has 0 bridgehead atoms. The van der Waals surface area contributed by atoms with E-state index in [-0.39, 0.29) is 31.1 Å². The van der Waals surface area contributed by atoms with E-state index in [0.29, 0.717) is 32.5 Å². The summed E-state index contributed by atoms with van der Waals surface area (Å²) in [7, 11) is 0. The number of nitrogens with zero attached hydrogens (tertiary/aromatic N) is 1. The first kappa shape index (κ1) is 17.9. The number of carbonyl (C=O) groups excluding carboxylic acids is 2. The summed E-state index contributed by atoms with van der Waals surface area (Å²) in [6, 6.07) is 0.206. The molecule has 0 spiro atoms. The van der Waals surface area contributed by atoms with E-state index in [1.165, 1.54) is 0 Å². The van der Waals surface area contributed by atoms with Gasteiger partial charge in [0.05, 0.1) is 19.8 Å². The smallest absolute Gasteiger partial charge is 0.305 e. The summed E-state index contributed by atoms with van der Waals surface area (Å²) in [5.41, 5.74) is 0. The Morgan fingerprint density at radius 1 is 1.37 bits per heavy atom. The van der Waals surface area contributed by atoms with Crippen LogP contribution in [0.15, 0.2) is 0 Å². The van der Waals surface area contributed by atoms with Gasteiger partial charge in [0.25, 0.3) is 0 Å². The molecule has 0 aliphatic rings. The van der Waals surface area contributed by atoms with Crippen molar-refractivity contribution in [2.24, 2.45) is 0 Å². The number of esters is 1. The molecule has 0 saturated carbocycles. The van der Waals surface area contributed by atoms with E-state index in [2.05, 4.69) is 5.32 Å². The zero-order valence-electron chi connectivity index (χ0n) is 12.1. The first-order chi connectivity index (χ1) is 9.01. The summed E-state index contributed by atoms with van der Waals surface area (Å²) >= 11 is 0. The Morgan fingerprint density at radius 3 is 2.58 bits per heavy atom. The second kappa shape index (κ2) is 10.8. The Bertz CT molecular complexity index is 269. The molecule has 0 fully saturated rings. The van der Waals surface area contributed by atoms with Gasteiger partial charge < -0.3 is 15.2 Å². The fourth-order valence-electron chi connectivity index (χ4n) is 1.58. The minimum Gasteiger partial charge on any atom is -0.466 e. The lowest BCUT2D eigenvalue weighted by Crippen LogP contribution is -2.42. The zero-order chi connectivity index (χ0) is 14.7. The number of aliphatic hydroxyl groups is 1. The van der Waals surface area contributed by atoms with Crippen molar-refractivity contribution >= 4 is 11.9 Å². The molecule has 1 amide bonds. The van der Waals surface area contributed by atoms with Crippen LogP contribution in [0.5, 0.6) is 0 Å². The summed E-state index contributed by atoms with van der Waals surface area (Å²) < 4.78 is 4.79. The lowest BCUT2D eigenvalue weighted by atomic mass is 10.3. The van der Waals surface area contributed by atoms with Crippen LogP contribution in [0.2, 0.25) is 0 Å². The van der Waals surface area contributed by atoms with Crippen LogP contribution in [-0.4, -0.2) is 60.8 Å². The van der Waals surface area contributed by atoms with E-state index in [4.69, 9.17) is 9.84 Å². The number of rotatable bonds is 10. The fraction of sp³-hybridized carbons (Fsp3) is 0.846. The Hall–Kier alpha value is -1.14. The molecule has 0 atom stereocenters. The molecule has 6 heteroatoms. The Balaban J connectivity index is 3.76. The topological polar surface area (TPSA) is 78.9 Å². The standard InChI is InChI=1S/C13H26N2O4/c1-4-19-13(18)6-5-7-14-12(17)10-15(8-9-16)11(2)3/h11,16H,4-10H2,1-3H3,(H,14,17). The SMILES string of the molecule is CCOC(=O)CCCNC(=O)CN(CCO)C(C)C. The largest absolute Gasteiger partial charge is 0.466 e. The van der Waals surface area contributed by atoms with Crippen molar-refractivity contribution in [3.05, 3.63) is 0 Å². The van der Waals surface area contributed by atoms with Gasteiger partial charge in [-0.25, -0.2) is 0 Å². The molecule has 0 radical (unpaired) electrons. The normalized spacial score (nSPS) is 10.8. The lowest BCUT2D eigenvalue weighted by molar-refractivity contribution is -0.143. The maximum atomic E-state index is 11.7. The van der Waals surface area contributed by atoms with E-state index >= 15 is 0 Å². The summed E-state index contributed by atoms with van der Waals surface area (Å²) in [5.74, 6) is -0.327. The monoisotopic (exact) mass is 274 g/mol. The number of ether oxygens (including phenoxy) is 1. The van der Waals surface area contributed by atoms with E-state index in [1.54, 1.807) is 6.92 Å². The van der Waals surface area contributed by atoms with Gasteiger partial charge in [0.2, 0.25) is 5.91 Å². The van der Waals surface area contributed by atoms with Gasteiger partial charge in [-0.15, -0.1) is 0 Å². The van der Waals surface area contributed by atoms with Crippen molar-refractivity contribution in [3.8, 4) is 0 Å². The maximum Gasteiger partial charge on any atom is 0.305 e. The van der Waals surface area contributed by atoms with Crippen LogP contribution in [0.3, 0.4) is 0 Å². The molecule has 2 N–H and O–H groups in total. The minimum absolute atomic E-state index is 0.0360. The van der Waals surface area contributed by atoms with Gasteiger partial charge in [-0.1, -0.05) is 0 Å². The highest BCUT2D eigenvalue weighted by molar-refractivity contribution is 5.78. The highest BCUT2D eigenvalue weighted by Gasteiger charge is 2.13. The van der Waals surface area contributed by atoms with Crippen molar-refractivity contribution in [3.63, 3.8) is 0 Å². The van der Waals surface area contributed by atoms with Gasteiger partial charge in [0.15, 0.2) is 0 Å². The van der Waals surface area contributed by atoms with Gasteiger partial charge in [-0.05, 0) is 27.2 Å². The molecule has 0 aliphatic carbocycles. The molecule has 0 aromatic rings. The number of nitrogens with one attached hydrogen (secondary N) is 1. The fourth-order valence-corrected chi connectivity index (χ4v) is 1.58. The van der Waals surface area contributed by atoms with Gasteiger partial charge in [0, 0.05) is 25.6 Å². The van der Waals surface area contributed by atoms with Crippen LogP contribution in [0.4, 0.5) is 0 Å². The van der Waals surface area contributed by atoms with Gasteiger partial charge in [-0.3, -0.25) is 14.5 Å². The van der Waals surface area contributed by atoms with Gasteiger partial charge >= 0.3 is 5.97 Å². The minimum atomic E-state index is -0.235. The van der Waals surface area contributed by atoms with Crippen molar-refractivity contribution in [2.45, 2.75) is 39.7 Å². The molecule has 0 aromatic heterocycles. The second-order valence-corrected chi connectivity index (χ2v) is 4.55. The van der Waals surface area contributed by atoms with Gasteiger partial charge in [0.1, 0.15) is 0 Å². The number of amides is 1. The molecule has 112 valence electrons. The van der Waals surface area contributed by atoms with E-state index in [1.807, 2.05) is 18.7 Å². The highest BCUT2D eigenvalue weighted by atomic mass is 16.5. The zero-order valence-corrected chi connectivity index (χ0v) is 12.1. The Morgan fingerprint density at radius 2 is 2.05 bits per heavy atom. The van der Waals surface area contributed by atoms with E-state index < -0.39 is 0 Å². The summed E-state index contributed by atoms with van der Waals surface area (Å²) in [5, 5.41) is 11.7. The molecular weight excluding hydrogens is 248 g/mol. The summed E-state index contributed by atoms with van der Waals surface area (Å²) in [4.78, 5) is 24.6. The van der Waals surface area contributed by atoms with Crippen molar-refractivity contribution < 1.29 is 19.4 Å². The van der Waals surface area contributed by atoms with Crippen molar-refractivity contribution in [2.75, 3.05) is 32.8 Å². The molecule has 0 heterocycles. The first-order valence-corrected chi connectivity index (χ1v) is 6.78. The van der Waals surface area contributed by atoms with Gasteiger partial charge in [-0.2, -0.15) is 0 Å². The van der Waals surface area contributed by atoms with Crippen LogP contribution in [0, 0.1) is 0 Å². The van der Waals surface area contributed by atoms with Crippen molar-refractivity contribution in [1.82, 2.24) is 10.2 Å². The maximum absolute atomic E-state index is 11.7. The molecule has 6 nitrogen and oxygen atoms in total. The van der Waals surface area contributed by atoms with Crippen molar-refractivity contribution in [1.29, 1.82) is 0 Å². The average molecular weight is 274 g/mol. The number of carbonyl (C=O) groups is 2. The summed E-state index contributed by atoms with van der Waals surface area (Å²) in [6.45, 7) is 7.34. The predicted molar refractivity (Wildman–Crippen MR) is 72.7 cm³/mol. The molecule has 0 rings (SSSR count). The molecular formula is C13H26N2O4. The molecule has 0 unspecified atom stereocenters. The molecule has 0 aliphatic heterocycles. The van der Waals surface area contributed by atoms with Crippen LogP contribution >= 0.6 is 0 Å². The third-order valence-electron chi connectivity index (χ3n) is 2.65. The Labute approximate surface area is 115 Å². The number of aliphatic hydroxyl groups excluding tert-OH is 1. The molecule has 0 aromatic carbocycles. The third-order valence-corrected chi connectivity index (χ3v) is 2.65. The second-order valence-electron chi connectivity index (χ2n) is 4.55. The average Bonchev–Trinajstić information content (AvgIpc) is 2.34. The molecule has 19 heavy (non-hydrogen) atoms. The Kier molecular flexibility index (Phi) is 10.1.